The molecule has 0 radical (unpaired) electrons. The van der Waals surface area contributed by atoms with E-state index in [-0.39, 0.29) is 5.91 Å². The van der Waals surface area contributed by atoms with Crippen molar-refractivity contribution in [2.45, 2.75) is 46.1 Å². The Morgan fingerprint density at radius 1 is 1.32 bits per heavy atom. The lowest BCUT2D eigenvalue weighted by Crippen LogP contribution is -2.39. The largest absolute Gasteiger partial charge is 0.381 e. The summed E-state index contributed by atoms with van der Waals surface area (Å²) in [6.45, 7) is 7.53. The van der Waals surface area contributed by atoms with Crippen LogP contribution < -0.4 is 10.6 Å². The SMILES string of the molecule is CN=C(NCc1cccc(NC(=O)CC(C)C)c1)N(C)CCC1CCOCC1. The lowest BCUT2D eigenvalue weighted by molar-refractivity contribution is -0.116. The molecule has 1 amide bonds. The van der Waals surface area contributed by atoms with Gasteiger partial charge in [0.15, 0.2) is 5.96 Å². The van der Waals surface area contributed by atoms with Gasteiger partial charge in [-0.1, -0.05) is 26.0 Å². The molecule has 1 aliphatic heterocycles. The summed E-state index contributed by atoms with van der Waals surface area (Å²) in [5, 5.41) is 6.40. The molecule has 0 spiro atoms. The van der Waals surface area contributed by atoms with Crippen molar-refractivity contribution in [3.8, 4) is 0 Å². The van der Waals surface area contributed by atoms with E-state index in [1.807, 2.05) is 39.1 Å². The predicted octanol–water partition coefficient (Wildman–Crippen LogP) is 3.50. The number of ether oxygens (including phenoxy) is 1. The number of hydrogen-bond acceptors (Lipinski definition) is 3. The molecule has 0 bridgehead atoms. The number of hydrogen-bond donors (Lipinski definition) is 2. The van der Waals surface area contributed by atoms with E-state index in [0.717, 1.165) is 62.1 Å². The second-order valence-electron chi connectivity index (χ2n) is 8.01. The number of rotatable bonds is 8. The predicted molar refractivity (Wildman–Crippen MR) is 116 cm³/mol. The van der Waals surface area contributed by atoms with E-state index < -0.39 is 0 Å². The van der Waals surface area contributed by atoms with Crippen LogP contribution in [-0.4, -0.2) is 50.6 Å². The van der Waals surface area contributed by atoms with Crippen LogP contribution in [0, 0.1) is 11.8 Å². The highest BCUT2D eigenvalue weighted by molar-refractivity contribution is 5.90. The van der Waals surface area contributed by atoms with Crippen LogP contribution in [0.2, 0.25) is 0 Å². The van der Waals surface area contributed by atoms with Crippen LogP contribution in [0.1, 0.15) is 45.1 Å². The van der Waals surface area contributed by atoms with Crippen LogP contribution in [0.4, 0.5) is 5.69 Å². The average molecular weight is 389 g/mol. The third-order valence-corrected chi connectivity index (χ3v) is 5.04. The Kier molecular flexibility index (Phi) is 9.28. The van der Waals surface area contributed by atoms with E-state index in [4.69, 9.17) is 4.74 Å². The monoisotopic (exact) mass is 388 g/mol. The van der Waals surface area contributed by atoms with Crippen molar-refractivity contribution in [2.75, 3.05) is 39.2 Å². The summed E-state index contributed by atoms with van der Waals surface area (Å²) < 4.78 is 5.44. The van der Waals surface area contributed by atoms with E-state index in [1.54, 1.807) is 0 Å². The highest BCUT2D eigenvalue weighted by atomic mass is 16.5. The Hall–Kier alpha value is -2.08. The van der Waals surface area contributed by atoms with Gasteiger partial charge in [0.1, 0.15) is 0 Å². The Labute approximate surface area is 169 Å². The van der Waals surface area contributed by atoms with Gasteiger partial charge in [-0.3, -0.25) is 9.79 Å². The van der Waals surface area contributed by atoms with Crippen LogP contribution in [0.3, 0.4) is 0 Å². The molecule has 0 saturated carbocycles. The van der Waals surface area contributed by atoms with Gasteiger partial charge < -0.3 is 20.3 Å². The van der Waals surface area contributed by atoms with Gasteiger partial charge in [-0.15, -0.1) is 0 Å². The molecular formula is C22H36N4O2. The lowest BCUT2D eigenvalue weighted by atomic mass is 9.96. The molecule has 1 aromatic carbocycles. The van der Waals surface area contributed by atoms with Crippen molar-refractivity contribution in [2.24, 2.45) is 16.8 Å². The Bertz CT molecular complexity index is 639. The van der Waals surface area contributed by atoms with Crippen LogP contribution in [-0.2, 0) is 16.1 Å². The van der Waals surface area contributed by atoms with Gasteiger partial charge in [0.05, 0.1) is 0 Å². The summed E-state index contributed by atoms with van der Waals surface area (Å²) in [6, 6.07) is 7.97. The number of amides is 1. The minimum atomic E-state index is 0.0590. The number of guanidine groups is 1. The first-order valence-corrected chi connectivity index (χ1v) is 10.4. The molecule has 0 atom stereocenters. The number of carbonyl (C=O) groups is 1. The van der Waals surface area contributed by atoms with Gasteiger partial charge in [0, 0.05) is 52.5 Å². The molecule has 28 heavy (non-hydrogen) atoms. The second-order valence-corrected chi connectivity index (χ2v) is 8.01. The number of carbonyl (C=O) groups excluding carboxylic acids is 1. The molecule has 6 heteroatoms. The zero-order valence-electron chi connectivity index (χ0n) is 17.8. The quantitative estimate of drug-likeness (QED) is 0.528. The van der Waals surface area contributed by atoms with Gasteiger partial charge in [-0.2, -0.15) is 0 Å². The van der Waals surface area contributed by atoms with Crippen molar-refractivity contribution in [3.05, 3.63) is 29.8 Å². The third kappa shape index (κ3) is 7.89. The lowest BCUT2D eigenvalue weighted by Gasteiger charge is -2.27. The molecule has 1 aromatic rings. The van der Waals surface area contributed by atoms with Crippen molar-refractivity contribution in [1.82, 2.24) is 10.2 Å². The van der Waals surface area contributed by atoms with Crippen molar-refractivity contribution < 1.29 is 9.53 Å². The summed E-state index contributed by atoms with van der Waals surface area (Å²) in [6.07, 6.45) is 4.02. The van der Waals surface area contributed by atoms with Crippen LogP contribution in [0.25, 0.3) is 0 Å². The maximum atomic E-state index is 12.0. The molecule has 156 valence electrons. The number of nitrogens with zero attached hydrogens (tertiary/aromatic N) is 2. The molecule has 2 rings (SSSR count). The van der Waals surface area contributed by atoms with Crippen molar-refractivity contribution >= 4 is 17.6 Å². The van der Waals surface area contributed by atoms with Gasteiger partial charge in [-0.05, 0) is 48.8 Å². The van der Waals surface area contributed by atoms with Gasteiger partial charge in [0.2, 0.25) is 5.91 Å². The fraction of sp³-hybridized carbons (Fsp3) is 0.636. The van der Waals surface area contributed by atoms with Crippen LogP contribution in [0.5, 0.6) is 0 Å². The summed E-state index contributed by atoms with van der Waals surface area (Å²) in [5.74, 6) is 2.05. The molecule has 1 aliphatic rings. The molecule has 6 nitrogen and oxygen atoms in total. The highest BCUT2D eigenvalue weighted by Gasteiger charge is 2.15. The fourth-order valence-corrected chi connectivity index (χ4v) is 3.42. The Balaban J connectivity index is 1.81. The van der Waals surface area contributed by atoms with E-state index >= 15 is 0 Å². The number of benzene rings is 1. The molecule has 1 heterocycles. The number of anilines is 1. The normalized spacial score (nSPS) is 15.5. The van der Waals surface area contributed by atoms with Crippen molar-refractivity contribution in [3.63, 3.8) is 0 Å². The standard InChI is InChI=1S/C22H36N4O2/c1-17(2)14-21(27)25-20-7-5-6-19(15-20)16-24-22(23-3)26(4)11-8-18-9-12-28-13-10-18/h5-7,15,17-18H,8-14,16H2,1-4H3,(H,23,24)(H,25,27). The molecule has 2 N–H and O–H groups in total. The first kappa shape index (κ1) is 22.2. The first-order chi connectivity index (χ1) is 13.5. The highest BCUT2D eigenvalue weighted by Crippen LogP contribution is 2.18. The first-order valence-electron chi connectivity index (χ1n) is 10.4. The topological polar surface area (TPSA) is 66.0 Å². The van der Waals surface area contributed by atoms with Crippen LogP contribution in [0.15, 0.2) is 29.3 Å². The summed E-state index contributed by atoms with van der Waals surface area (Å²) in [5.41, 5.74) is 1.95. The van der Waals surface area contributed by atoms with E-state index in [2.05, 4.69) is 33.6 Å². The van der Waals surface area contributed by atoms with E-state index in [9.17, 15) is 4.79 Å². The fourth-order valence-electron chi connectivity index (χ4n) is 3.42. The average Bonchev–Trinajstić information content (AvgIpc) is 2.67. The summed E-state index contributed by atoms with van der Waals surface area (Å²) >= 11 is 0. The summed E-state index contributed by atoms with van der Waals surface area (Å²) in [4.78, 5) is 18.6. The minimum absolute atomic E-state index is 0.0590. The molecule has 1 saturated heterocycles. The minimum Gasteiger partial charge on any atom is -0.381 e. The third-order valence-electron chi connectivity index (χ3n) is 5.04. The Morgan fingerprint density at radius 3 is 2.75 bits per heavy atom. The van der Waals surface area contributed by atoms with Gasteiger partial charge in [0.25, 0.3) is 0 Å². The van der Waals surface area contributed by atoms with Crippen molar-refractivity contribution in [1.29, 1.82) is 0 Å². The maximum Gasteiger partial charge on any atom is 0.224 e. The van der Waals surface area contributed by atoms with Gasteiger partial charge >= 0.3 is 0 Å². The maximum absolute atomic E-state index is 12.0. The molecule has 0 aromatic heterocycles. The molecule has 1 fully saturated rings. The molecule has 0 unspecified atom stereocenters. The van der Waals surface area contributed by atoms with Crippen LogP contribution >= 0.6 is 0 Å². The second kappa shape index (κ2) is 11.7. The zero-order valence-corrected chi connectivity index (χ0v) is 17.8. The number of aliphatic imine (C=N–C) groups is 1. The van der Waals surface area contributed by atoms with E-state index in [0.29, 0.717) is 18.9 Å². The summed E-state index contributed by atoms with van der Waals surface area (Å²) in [7, 11) is 3.90. The number of nitrogens with one attached hydrogen (secondary N) is 2. The van der Waals surface area contributed by atoms with Gasteiger partial charge in [-0.25, -0.2) is 0 Å². The molecular weight excluding hydrogens is 352 g/mol. The van der Waals surface area contributed by atoms with E-state index in [1.165, 1.54) is 0 Å². The Morgan fingerprint density at radius 2 is 2.07 bits per heavy atom. The zero-order chi connectivity index (χ0) is 20.4. The smallest absolute Gasteiger partial charge is 0.224 e. The molecule has 0 aliphatic carbocycles.